The van der Waals surface area contributed by atoms with E-state index in [1.165, 1.54) is 19.3 Å². The van der Waals surface area contributed by atoms with Crippen molar-refractivity contribution in [1.82, 2.24) is 0 Å². The Morgan fingerprint density at radius 1 is 0.750 bits per heavy atom. The van der Waals surface area contributed by atoms with Crippen LogP contribution in [0, 0.1) is 0 Å². The van der Waals surface area contributed by atoms with E-state index in [2.05, 4.69) is 12.2 Å². The summed E-state index contributed by atoms with van der Waals surface area (Å²) in [6, 6.07) is 2.07. The molecular weight excluding hydrogens is 395 g/mol. The molecule has 1 aromatic carbocycles. The van der Waals surface area contributed by atoms with E-state index in [0.29, 0.717) is 6.54 Å². The summed E-state index contributed by atoms with van der Waals surface area (Å²) in [5.74, 6) is -5.49. The molecule has 1 N–H and O–H groups in total. The summed E-state index contributed by atoms with van der Waals surface area (Å²) in [6.07, 6.45) is 7.70. The average Bonchev–Trinajstić information content (AvgIpc) is 2.56. The van der Waals surface area contributed by atoms with Gasteiger partial charge in [-0.15, -0.1) is 0 Å². The summed E-state index contributed by atoms with van der Waals surface area (Å²) in [4.78, 5) is 33.3. The van der Waals surface area contributed by atoms with Gasteiger partial charge in [0.15, 0.2) is 0 Å². The van der Waals surface area contributed by atoms with Crippen LogP contribution in [0.5, 0.6) is 0 Å². The van der Waals surface area contributed by atoms with Crippen molar-refractivity contribution in [2.24, 2.45) is 0 Å². The Morgan fingerprint density at radius 3 is 1.57 bits per heavy atom. The molecule has 0 heterocycles. The number of aromatic carboxylic acids is 3. The van der Waals surface area contributed by atoms with Crippen LogP contribution < -0.4 is 109 Å². The molecule has 0 unspecified atom stereocenters. The number of rotatable bonds is 12. The minimum Gasteiger partial charge on any atom is -0.545 e. The van der Waals surface area contributed by atoms with Crippen LogP contribution in [-0.4, -0.2) is 24.5 Å². The Morgan fingerprint density at radius 2 is 1.18 bits per heavy atom. The average molecular weight is 417 g/mol. The van der Waals surface area contributed by atoms with Crippen molar-refractivity contribution < 1.29 is 118 Å². The third-order valence-corrected chi connectivity index (χ3v) is 3.89. The fourth-order valence-electron chi connectivity index (χ4n) is 2.60. The van der Waals surface area contributed by atoms with Crippen molar-refractivity contribution in [3.05, 3.63) is 28.8 Å². The molecule has 0 aliphatic carbocycles. The van der Waals surface area contributed by atoms with E-state index >= 15 is 0 Å². The topological polar surface area (TPSA) is 132 Å². The van der Waals surface area contributed by atoms with Gasteiger partial charge in [0.2, 0.25) is 0 Å². The van der Waals surface area contributed by atoms with Crippen molar-refractivity contribution in [2.45, 2.75) is 51.9 Å². The fourth-order valence-corrected chi connectivity index (χ4v) is 2.60. The first-order valence-corrected chi connectivity index (χ1v) is 8.44. The van der Waals surface area contributed by atoms with E-state index < -0.39 is 34.6 Å². The van der Waals surface area contributed by atoms with Gasteiger partial charge in [0, 0.05) is 28.9 Å². The maximum absolute atomic E-state index is 11.1. The van der Waals surface area contributed by atoms with Crippen LogP contribution in [0.2, 0.25) is 0 Å². The zero-order valence-corrected chi connectivity index (χ0v) is 23.3. The summed E-state index contributed by atoms with van der Waals surface area (Å²) in [7, 11) is 0. The minimum absolute atomic E-state index is 0. The molecule has 0 fully saturated rings. The van der Waals surface area contributed by atoms with E-state index in [-0.39, 0.29) is 94.4 Å². The molecule has 0 radical (unpaired) electrons. The number of hydrogen-bond donors (Lipinski definition) is 1. The van der Waals surface area contributed by atoms with E-state index in [0.717, 1.165) is 37.8 Å². The molecule has 1 rings (SSSR count). The zero-order chi connectivity index (χ0) is 18.8. The number of hydrogen-bond acceptors (Lipinski definition) is 7. The fraction of sp³-hybridized carbons (Fsp3) is 0.500. The van der Waals surface area contributed by atoms with Crippen LogP contribution in [0.4, 0.5) is 5.69 Å². The molecule has 10 heteroatoms. The molecule has 0 aliphatic heterocycles. The summed E-state index contributed by atoms with van der Waals surface area (Å²) < 4.78 is 0. The smallest absolute Gasteiger partial charge is 0.545 e. The third kappa shape index (κ3) is 11.6. The van der Waals surface area contributed by atoms with Gasteiger partial charge < -0.3 is 35.0 Å². The van der Waals surface area contributed by atoms with Gasteiger partial charge in [-0.2, -0.15) is 0 Å². The molecule has 7 nitrogen and oxygen atoms in total. The third-order valence-electron chi connectivity index (χ3n) is 3.89. The van der Waals surface area contributed by atoms with Gasteiger partial charge in [0.25, 0.3) is 0 Å². The summed E-state index contributed by atoms with van der Waals surface area (Å²) >= 11 is 0. The van der Waals surface area contributed by atoms with Gasteiger partial charge in [-0.1, -0.05) is 45.4 Å². The molecule has 0 saturated heterocycles. The van der Waals surface area contributed by atoms with Gasteiger partial charge >= 0.3 is 88.7 Å². The molecule has 0 aliphatic rings. The molecule has 28 heavy (non-hydrogen) atoms. The molecule has 138 valence electrons. The quantitative estimate of drug-likeness (QED) is 0.264. The molecule has 0 atom stereocenters. The second-order valence-electron chi connectivity index (χ2n) is 5.86. The van der Waals surface area contributed by atoms with Crippen LogP contribution in [-0.2, 0) is 0 Å². The first kappa shape index (κ1) is 33.1. The molecule has 0 spiro atoms. The van der Waals surface area contributed by atoms with Gasteiger partial charge in [-0.05, 0) is 18.6 Å². The van der Waals surface area contributed by atoms with Crippen molar-refractivity contribution in [2.75, 3.05) is 11.9 Å². The largest absolute Gasteiger partial charge is 1.00 e. The van der Waals surface area contributed by atoms with Gasteiger partial charge in [-0.3, -0.25) is 0 Å². The number of benzene rings is 1. The van der Waals surface area contributed by atoms with E-state index in [9.17, 15) is 29.7 Å². The van der Waals surface area contributed by atoms with Gasteiger partial charge in [-0.25, -0.2) is 0 Å². The Bertz CT molecular complexity index is 605. The number of carboxylic acids is 3. The Labute approximate surface area is 231 Å². The van der Waals surface area contributed by atoms with Crippen molar-refractivity contribution in [3.63, 3.8) is 0 Å². The van der Waals surface area contributed by atoms with Gasteiger partial charge in [0.05, 0.1) is 17.9 Å². The molecule has 0 saturated carbocycles. The summed E-state index contributed by atoms with van der Waals surface area (Å²) in [5.41, 5.74) is -2.25. The number of anilines is 1. The van der Waals surface area contributed by atoms with E-state index in [1.807, 2.05) is 0 Å². The second-order valence-corrected chi connectivity index (χ2v) is 5.86. The SMILES string of the molecule is CCCCCCCCCNc1cc(C(=O)[O-])c(C(=O)[O-])c(C(=O)[O-])c1.[Na+].[Na+].[Na+]. The Balaban J connectivity index is -0.00000208. The van der Waals surface area contributed by atoms with Crippen molar-refractivity contribution in [1.29, 1.82) is 0 Å². The minimum atomic E-state index is -1.91. The monoisotopic (exact) mass is 417 g/mol. The number of carbonyl (C=O) groups is 3. The predicted octanol–water partition coefficient (Wildman–Crippen LogP) is -9.05. The molecule has 0 amide bonds. The van der Waals surface area contributed by atoms with E-state index in [1.54, 1.807) is 0 Å². The molecular formula is C18H22NNa3O6. The van der Waals surface area contributed by atoms with Crippen LogP contribution in [0.1, 0.15) is 82.9 Å². The van der Waals surface area contributed by atoms with Gasteiger partial charge in [0.1, 0.15) is 0 Å². The molecule has 0 aromatic heterocycles. The van der Waals surface area contributed by atoms with Crippen LogP contribution in [0.3, 0.4) is 0 Å². The number of nitrogens with one attached hydrogen (secondary N) is 1. The maximum Gasteiger partial charge on any atom is 1.00 e. The standard InChI is InChI=1S/C18H25NO6.3Na/c1-2-3-4-5-6-7-8-9-19-12-10-13(16(20)21)15(18(24)25)14(11-12)17(22)23;;;/h10-11,19H,2-9H2,1H3,(H,20,21)(H,22,23)(H,24,25);;;/q;3*+1/p-3. The number of carbonyl (C=O) groups excluding carboxylic acids is 3. The number of unbranched alkanes of at least 4 members (excludes halogenated alkanes) is 6. The first-order chi connectivity index (χ1) is 11.9. The number of carboxylic acid groups (broad SMARTS) is 3. The van der Waals surface area contributed by atoms with Crippen LogP contribution >= 0.6 is 0 Å². The second kappa shape index (κ2) is 18.2. The Kier molecular flexibility index (Phi) is 21.5. The van der Waals surface area contributed by atoms with Crippen LogP contribution in [0.15, 0.2) is 12.1 Å². The van der Waals surface area contributed by atoms with Crippen LogP contribution in [0.25, 0.3) is 0 Å². The van der Waals surface area contributed by atoms with Crippen molar-refractivity contribution >= 4 is 23.6 Å². The summed E-state index contributed by atoms with van der Waals surface area (Å²) in [6.45, 7) is 2.66. The van der Waals surface area contributed by atoms with E-state index in [4.69, 9.17) is 0 Å². The normalized spacial score (nSPS) is 9.32. The predicted molar refractivity (Wildman–Crippen MR) is 85.9 cm³/mol. The Hall–Kier alpha value is 0.430. The summed E-state index contributed by atoms with van der Waals surface area (Å²) in [5, 5.41) is 36.2. The van der Waals surface area contributed by atoms with Crippen molar-refractivity contribution in [3.8, 4) is 0 Å². The first-order valence-electron chi connectivity index (χ1n) is 8.44. The zero-order valence-electron chi connectivity index (χ0n) is 17.3. The maximum atomic E-state index is 11.1. The molecule has 1 aromatic rings. The molecule has 0 bridgehead atoms.